The largest absolute Gasteiger partial charge is 0.361 e. The van der Waals surface area contributed by atoms with Gasteiger partial charge in [0.15, 0.2) is 5.78 Å². The van der Waals surface area contributed by atoms with Crippen molar-refractivity contribution in [1.29, 1.82) is 0 Å². The van der Waals surface area contributed by atoms with Gasteiger partial charge in [0.25, 0.3) is 0 Å². The maximum Gasteiger partial charge on any atom is 0.194 e. The lowest BCUT2D eigenvalue weighted by molar-refractivity contribution is 0.103. The number of anilines is 1. The van der Waals surface area contributed by atoms with Crippen molar-refractivity contribution in [2.75, 3.05) is 5.32 Å². The number of rotatable bonds is 3. The third kappa shape index (κ3) is 2.80. The molecule has 26 heavy (non-hydrogen) atoms. The lowest BCUT2D eigenvalue weighted by Crippen LogP contribution is -2.05. The highest BCUT2D eigenvalue weighted by atomic mass is 19.1. The van der Waals surface area contributed by atoms with Gasteiger partial charge in [-0.25, -0.2) is 8.78 Å². The highest BCUT2D eigenvalue weighted by Gasteiger charge is 2.37. The summed E-state index contributed by atoms with van der Waals surface area (Å²) in [7, 11) is 0. The van der Waals surface area contributed by atoms with Gasteiger partial charge in [0, 0.05) is 23.4 Å². The molecule has 4 heteroatoms. The van der Waals surface area contributed by atoms with Crippen LogP contribution in [0.25, 0.3) is 0 Å². The Labute approximate surface area is 149 Å². The average molecular weight is 347 g/mol. The van der Waals surface area contributed by atoms with E-state index >= 15 is 0 Å². The fourth-order valence-electron chi connectivity index (χ4n) is 3.32. The molecule has 1 aliphatic rings. The number of carbonyl (C=O) groups is 1. The van der Waals surface area contributed by atoms with Gasteiger partial charge in [-0.3, -0.25) is 4.79 Å². The molecule has 0 saturated heterocycles. The first-order chi connectivity index (χ1) is 12.6. The van der Waals surface area contributed by atoms with E-state index in [-0.39, 0.29) is 23.1 Å². The minimum Gasteiger partial charge on any atom is -0.361 e. The molecule has 0 heterocycles. The molecule has 1 N–H and O–H groups in total. The second-order valence-electron chi connectivity index (χ2n) is 6.13. The van der Waals surface area contributed by atoms with E-state index in [1.807, 2.05) is 30.3 Å². The fraction of sp³-hybridized carbons (Fsp3) is 0.0455. The van der Waals surface area contributed by atoms with Crippen LogP contribution in [0.5, 0.6) is 0 Å². The van der Waals surface area contributed by atoms with Crippen molar-refractivity contribution in [2.24, 2.45) is 0 Å². The average Bonchev–Trinajstić information content (AvgIpc) is 2.95. The van der Waals surface area contributed by atoms with E-state index < -0.39 is 5.82 Å². The number of fused-ring (bicyclic) bond motifs is 1. The summed E-state index contributed by atoms with van der Waals surface area (Å²) < 4.78 is 27.4. The van der Waals surface area contributed by atoms with Crippen molar-refractivity contribution in [3.05, 3.63) is 113 Å². The summed E-state index contributed by atoms with van der Waals surface area (Å²) in [5.41, 5.74) is 2.80. The Balaban J connectivity index is 1.79. The Morgan fingerprint density at radius 3 is 2.31 bits per heavy atom. The highest BCUT2D eigenvalue weighted by molar-refractivity contribution is 6.15. The van der Waals surface area contributed by atoms with Crippen LogP contribution in [0.15, 0.2) is 84.6 Å². The predicted molar refractivity (Wildman–Crippen MR) is 97.1 cm³/mol. The highest BCUT2D eigenvalue weighted by Crippen LogP contribution is 2.42. The van der Waals surface area contributed by atoms with Crippen molar-refractivity contribution < 1.29 is 13.6 Å². The number of allylic oxidation sites excluding steroid dienone is 1. The van der Waals surface area contributed by atoms with E-state index in [0.29, 0.717) is 16.8 Å². The van der Waals surface area contributed by atoms with Gasteiger partial charge in [0.1, 0.15) is 11.6 Å². The lowest BCUT2D eigenvalue weighted by atomic mass is 9.90. The van der Waals surface area contributed by atoms with Crippen molar-refractivity contribution in [1.82, 2.24) is 0 Å². The van der Waals surface area contributed by atoms with E-state index in [1.54, 1.807) is 30.5 Å². The molecule has 0 aromatic heterocycles. The van der Waals surface area contributed by atoms with Gasteiger partial charge < -0.3 is 5.32 Å². The van der Waals surface area contributed by atoms with Crippen LogP contribution in [0.2, 0.25) is 0 Å². The van der Waals surface area contributed by atoms with Gasteiger partial charge in [-0.1, -0.05) is 42.5 Å². The van der Waals surface area contributed by atoms with Crippen LogP contribution in [-0.2, 0) is 0 Å². The quantitative estimate of drug-likeness (QED) is 0.652. The van der Waals surface area contributed by atoms with Crippen molar-refractivity contribution in [3.63, 3.8) is 0 Å². The minimum absolute atomic E-state index is 0.119. The monoisotopic (exact) mass is 347 g/mol. The molecule has 0 radical (unpaired) electrons. The van der Waals surface area contributed by atoms with Gasteiger partial charge in [-0.2, -0.15) is 0 Å². The van der Waals surface area contributed by atoms with Crippen molar-refractivity contribution in [3.8, 4) is 0 Å². The third-order valence-corrected chi connectivity index (χ3v) is 4.53. The number of carbonyl (C=O) groups excluding carboxylic acids is 1. The van der Waals surface area contributed by atoms with Crippen LogP contribution >= 0.6 is 0 Å². The molecule has 4 rings (SSSR count). The molecule has 0 aliphatic heterocycles. The fourth-order valence-corrected chi connectivity index (χ4v) is 3.32. The maximum atomic E-state index is 14.3. The van der Waals surface area contributed by atoms with E-state index in [1.165, 1.54) is 18.2 Å². The first kappa shape index (κ1) is 16.2. The molecule has 1 aliphatic carbocycles. The Morgan fingerprint density at radius 2 is 1.58 bits per heavy atom. The summed E-state index contributed by atoms with van der Waals surface area (Å²) >= 11 is 0. The zero-order valence-corrected chi connectivity index (χ0v) is 13.7. The molecule has 3 aromatic carbocycles. The molecule has 1 unspecified atom stereocenters. The molecular weight excluding hydrogens is 332 g/mol. The second-order valence-corrected chi connectivity index (χ2v) is 6.13. The zero-order chi connectivity index (χ0) is 18.1. The number of hydrogen-bond donors (Lipinski definition) is 1. The molecule has 0 amide bonds. The topological polar surface area (TPSA) is 29.1 Å². The SMILES string of the molecule is O=C1C(=CNc2ccc(F)cc2)C(c2ccccc2)c2cccc(F)c21. The number of Topliss-reactive ketones (excluding diaryl/α,β-unsaturated/α-hetero) is 1. The Morgan fingerprint density at radius 1 is 0.846 bits per heavy atom. The molecular formula is C22H15F2NO. The molecule has 0 fully saturated rings. The number of nitrogens with one attached hydrogen (secondary N) is 1. The Kier molecular flexibility index (Phi) is 4.09. The number of hydrogen-bond acceptors (Lipinski definition) is 2. The van der Waals surface area contributed by atoms with Crippen LogP contribution < -0.4 is 5.32 Å². The van der Waals surface area contributed by atoms with Gasteiger partial charge in [0.05, 0.1) is 5.56 Å². The van der Waals surface area contributed by atoms with Crippen LogP contribution in [-0.4, -0.2) is 5.78 Å². The van der Waals surface area contributed by atoms with Crippen molar-refractivity contribution >= 4 is 11.5 Å². The van der Waals surface area contributed by atoms with Crippen LogP contribution in [0, 0.1) is 11.6 Å². The summed E-state index contributed by atoms with van der Waals surface area (Å²) in [6, 6.07) is 20.1. The molecule has 2 nitrogen and oxygen atoms in total. The van der Waals surface area contributed by atoms with E-state index in [9.17, 15) is 13.6 Å². The number of ketones is 1. The Bertz CT molecular complexity index is 994. The predicted octanol–water partition coefficient (Wildman–Crippen LogP) is 5.29. The van der Waals surface area contributed by atoms with E-state index in [4.69, 9.17) is 0 Å². The molecule has 0 saturated carbocycles. The molecule has 128 valence electrons. The number of benzene rings is 3. The van der Waals surface area contributed by atoms with Gasteiger partial charge in [0.2, 0.25) is 0 Å². The Hall–Kier alpha value is -3.27. The second kappa shape index (κ2) is 6.56. The normalized spacial score (nSPS) is 17.4. The summed E-state index contributed by atoms with van der Waals surface area (Å²) in [5, 5.41) is 3.03. The number of halogens is 2. The van der Waals surface area contributed by atoms with Crippen LogP contribution in [0.4, 0.5) is 14.5 Å². The molecule has 1 atom stereocenters. The molecule has 0 bridgehead atoms. The van der Waals surface area contributed by atoms with Gasteiger partial charge in [-0.05, 0) is 41.5 Å². The standard InChI is InChI=1S/C22H15F2NO/c23-15-9-11-16(12-10-15)25-13-18-20(14-5-2-1-3-6-14)17-7-4-8-19(24)21(17)22(18)26/h1-13,20,25H. The first-order valence-electron chi connectivity index (χ1n) is 8.25. The van der Waals surface area contributed by atoms with E-state index in [2.05, 4.69) is 5.32 Å². The molecule has 3 aromatic rings. The lowest BCUT2D eigenvalue weighted by Gasteiger charge is -2.14. The van der Waals surface area contributed by atoms with E-state index in [0.717, 1.165) is 5.56 Å². The summed E-state index contributed by atoms with van der Waals surface area (Å²) in [6.07, 6.45) is 1.59. The van der Waals surface area contributed by atoms with Gasteiger partial charge >= 0.3 is 0 Å². The first-order valence-corrected chi connectivity index (χ1v) is 8.25. The summed E-state index contributed by atoms with van der Waals surface area (Å²) in [6.45, 7) is 0. The van der Waals surface area contributed by atoms with Crippen LogP contribution in [0.3, 0.4) is 0 Å². The molecule has 0 spiro atoms. The minimum atomic E-state index is -0.515. The maximum absolute atomic E-state index is 14.3. The third-order valence-electron chi connectivity index (χ3n) is 4.53. The zero-order valence-electron chi connectivity index (χ0n) is 13.7. The van der Waals surface area contributed by atoms with Crippen molar-refractivity contribution in [2.45, 2.75) is 5.92 Å². The summed E-state index contributed by atoms with van der Waals surface area (Å²) in [4.78, 5) is 12.9. The smallest absolute Gasteiger partial charge is 0.194 e. The van der Waals surface area contributed by atoms with Gasteiger partial charge in [-0.15, -0.1) is 0 Å². The summed E-state index contributed by atoms with van der Waals surface area (Å²) in [5.74, 6) is -1.53. The van der Waals surface area contributed by atoms with Crippen LogP contribution in [0.1, 0.15) is 27.4 Å².